The third-order valence-electron chi connectivity index (χ3n) is 4.58. The number of para-hydroxylation sites is 1. The van der Waals surface area contributed by atoms with Crippen LogP contribution in [0.4, 0.5) is 0 Å². The molecule has 2 aromatic carbocycles. The summed E-state index contributed by atoms with van der Waals surface area (Å²) in [6.07, 6.45) is 2.91. The smallest absolute Gasteiger partial charge is 0.317 e. The van der Waals surface area contributed by atoms with Crippen LogP contribution in [0.1, 0.15) is 17.2 Å². The van der Waals surface area contributed by atoms with E-state index in [4.69, 9.17) is 4.74 Å². The highest BCUT2D eigenvalue weighted by Gasteiger charge is 2.46. The standard InChI is InChI=1S/C20H15NO4/c22-17-10-11-18(23)21(17)19-15-9-5-4-6-13(15)12-16(19)20(24)25-14-7-2-1-3-8-14/h1-11,16,19H,12H2/t16-,19+/m0/s1. The van der Waals surface area contributed by atoms with E-state index in [1.165, 1.54) is 12.2 Å². The molecule has 2 atom stereocenters. The second kappa shape index (κ2) is 6.02. The van der Waals surface area contributed by atoms with Gasteiger partial charge in [0.1, 0.15) is 5.75 Å². The molecule has 5 heteroatoms. The minimum Gasteiger partial charge on any atom is -0.426 e. The van der Waals surface area contributed by atoms with Crippen LogP contribution in [-0.4, -0.2) is 22.7 Å². The normalized spacial score (nSPS) is 21.5. The van der Waals surface area contributed by atoms with Gasteiger partial charge in [-0.25, -0.2) is 0 Å². The molecule has 1 aliphatic carbocycles. The Morgan fingerprint density at radius 2 is 1.56 bits per heavy atom. The minimum atomic E-state index is -0.637. The molecule has 0 saturated carbocycles. The lowest BCUT2D eigenvalue weighted by atomic mass is 9.99. The third-order valence-corrected chi connectivity index (χ3v) is 4.58. The zero-order chi connectivity index (χ0) is 17.4. The molecule has 4 rings (SSSR count). The Balaban J connectivity index is 1.68. The molecule has 0 unspecified atom stereocenters. The molecular formula is C20H15NO4. The van der Waals surface area contributed by atoms with Gasteiger partial charge >= 0.3 is 5.97 Å². The van der Waals surface area contributed by atoms with E-state index in [0.717, 1.165) is 16.0 Å². The summed E-state index contributed by atoms with van der Waals surface area (Å²) in [5.41, 5.74) is 1.78. The van der Waals surface area contributed by atoms with Gasteiger partial charge in [0.25, 0.3) is 11.8 Å². The maximum absolute atomic E-state index is 12.8. The molecular weight excluding hydrogens is 318 g/mol. The number of imide groups is 1. The van der Waals surface area contributed by atoms with Crippen molar-refractivity contribution in [2.24, 2.45) is 5.92 Å². The van der Waals surface area contributed by atoms with Crippen LogP contribution in [0.25, 0.3) is 0 Å². The predicted octanol–water partition coefficient (Wildman–Crippen LogP) is 2.43. The molecule has 0 aromatic heterocycles. The highest BCUT2D eigenvalue weighted by Crippen LogP contribution is 2.42. The summed E-state index contributed by atoms with van der Waals surface area (Å²) in [4.78, 5) is 38.3. The zero-order valence-corrected chi connectivity index (χ0v) is 13.3. The Morgan fingerprint density at radius 1 is 0.920 bits per heavy atom. The lowest BCUT2D eigenvalue weighted by molar-refractivity contribution is -0.146. The number of hydrogen-bond acceptors (Lipinski definition) is 4. The lowest BCUT2D eigenvalue weighted by Gasteiger charge is -2.27. The van der Waals surface area contributed by atoms with Crippen molar-refractivity contribution in [2.75, 3.05) is 0 Å². The molecule has 0 fully saturated rings. The number of carbonyl (C=O) groups excluding carboxylic acids is 3. The molecule has 0 bridgehead atoms. The van der Waals surface area contributed by atoms with Crippen molar-refractivity contribution in [3.63, 3.8) is 0 Å². The van der Waals surface area contributed by atoms with Crippen LogP contribution in [0, 0.1) is 5.92 Å². The van der Waals surface area contributed by atoms with E-state index in [1.807, 2.05) is 30.3 Å². The lowest BCUT2D eigenvalue weighted by Crippen LogP contribution is -2.40. The van der Waals surface area contributed by atoms with Gasteiger partial charge in [-0.15, -0.1) is 0 Å². The van der Waals surface area contributed by atoms with Crippen LogP contribution < -0.4 is 4.74 Å². The Morgan fingerprint density at radius 3 is 2.28 bits per heavy atom. The van der Waals surface area contributed by atoms with E-state index in [9.17, 15) is 14.4 Å². The SMILES string of the molecule is O=C(Oc1ccccc1)[C@H]1Cc2ccccc2[C@H]1N1C(=O)C=CC1=O. The number of benzene rings is 2. The summed E-state index contributed by atoms with van der Waals surface area (Å²) in [5, 5.41) is 0. The quantitative estimate of drug-likeness (QED) is 0.492. The van der Waals surface area contributed by atoms with Crippen LogP contribution >= 0.6 is 0 Å². The van der Waals surface area contributed by atoms with Crippen LogP contribution in [0.15, 0.2) is 66.7 Å². The highest BCUT2D eigenvalue weighted by molar-refractivity contribution is 6.13. The molecule has 0 spiro atoms. The van der Waals surface area contributed by atoms with Crippen molar-refractivity contribution in [3.05, 3.63) is 77.9 Å². The molecule has 0 saturated heterocycles. The number of amides is 2. The van der Waals surface area contributed by atoms with Crippen LogP contribution in [0.5, 0.6) is 5.75 Å². The van der Waals surface area contributed by atoms with Gasteiger partial charge in [0.2, 0.25) is 0 Å². The number of hydrogen-bond donors (Lipinski definition) is 0. The fourth-order valence-electron chi connectivity index (χ4n) is 3.47. The molecule has 0 N–H and O–H groups in total. The van der Waals surface area contributed by atoms with Crippen molar-refractivity contribution >= 4 is 17.8 Å². The molecule has 1 heterocycles. The second-order valence-corrected chi connectivity index (χ2v) is 6.07. The van der Waals surface area contributed by atoms with E-state index >= 15 is 0 Å². The van der Waals surface area contributed by atoms with Crippen molar-refractivity contribution in [1.29, 1.82) is 0 Å². The van der Waals surface area contributed by atoms with Crippen molar-refractivity contribution in [2.45, 2.75) is 12.5 Å². The fourth-order valence-corrected chi connectivity index (χ4v) is 3.47. The summed E-state index contributed by atoms with van der Waals surface area (Å²) >= 11 is 0. The fraction of sp³-hybridized carbons (Fsp3) is 0.150. The first kappa shape index (κ1) is 15.3. The molecule has 2 aromatic rings. The van der Waals surface area contributed by atoms with E-state index in [0.29, 0.717) is 12.2 Å². The Bertz CT molecular complexity index is 870. The van der Waals surface area contributed by atoms with Crippen LogP contribution in [-0.2, 0) is 20.8 Å². The van der Waals surface area contributed by atoms with Gasteiger partial charge in [-0.3, -0.25) is 19.3 Å². The summed E-state index contributed by atoms with van der Waals surface area (Å²) < 4.78 is 5.48. The summed E-state index contributed by atoms with van der Waals surface area (Å²) in [7, 11) is 0. The monoisotopic (exact) mass is 333 g/mol. The van der Waals surface area contributed by atoms with E-state index in [2.05, 4.69) is 0 Å². The first-order chi connectivity index (χ1) is 12.1. The molecule has 1 aliphatic heterocycles. The Labute approximate surface area is 144 Å². The first-order valence-corrected chi connectivity index (χ1v) is 8.05. The van der Waals surface area contributed by atoms with E-state index in [1.54, 1.807) is 24.3 Å². The predicted molar refractivity (Wildman–Crippen MR) is 89.4 cm³/mol. The first-order valence-electron chi connectivity index (χ1n) is 8.05. The van der Waals surface area contributed by atoms with Gasteiger partial charge in [0.05, 0.1) is 12.0 Å². The van der Waals surface area contributed by atoms with Crippen molar-refractivity contribution in [3.8, 4) is 5.75 Å². The number of nitrogens with zero attached hydrogens (tertiary/aromatic N) is 1. The average molecular weight is 333 g/mol. The summed E-state index contributed by atoms with van der Waals surface area (Å²) in [5.74, 6) is -1.42. The zero-order valence-electron chi connectivity index (χ0n) is 13.3. The van der Waals surface area contributed by atoms with Gasteiger partial charge in [-0.1, -0.05) is 42.5 Å². The van der Waals surface area contributed by atoms with E-state index < -0.39 is 29.7 Å². The van der Waals surface area contributed by atoms with Crippen molar-refractivity contribution in [1.82, 2.24) is 4.90 Å². The number of esters is 1. The summed E-state index contributed by atoms with van der Waals surface area (Å²) in [6, 6.07) is 15.6. The molecule has 5 nitrogen and oxygen atoms in total. The average Bonchev–Trinajstić information content (AvgIpc) is 3.15. The maximum Gasteiger partial charge on any atom is 0.317 e. The van der Waals surface area contributed by atoms with Crippen LogP contribution in [0.2, 0.25) is 0 Å². The Hall–Kier alpha value is -3.21. The van der Waals surface area contributed by atoms with Gasteiger partial charge in [-0.2, -0.15) is 0 Å². The van der Waals surface area contributed by atoms with Gasteiger partial charge in [-0.05, 0) is 29.7 Å². The van der Waals surface area contributed by atoms with Gasteiger partial charge in [0, 0.05) is 12.2 Å². The molecule has 124 valence electrons. The minimum absolute atomic E-state index is 0.399. The molecule has 0 radical (unpaired) electrons. The van der Waals surface area contributed by atoms with Gasteiger partial charge < -0.3 is 4.74 Å². The second-order valence-electron chi connectivity index (χ2n) is 6.07. The number of rotatable bonds is 3. The molecule has 25 heavy (non-hydrogen) atoms. The molecule has 2 aliphatic rings. The highest BCUT2D eigenvalue weighted by atomic mass is 16.5. The third kappa shape index (κ3) is 2.63. The van der Waals surface area contributed by atoms with Gasteiger partial charge in [0.15, 0.2) is 0 Å². The number of fused-ring (bicyclic) bond motifs is 1. The van der Waals surface area contributed by atoms with Crippen LogP contribution in [0.3, 0.4) is 0 Å². The number of ether oxygens (including phenoxy) is 1. The van der Waals surface area contributed by atoms with E-state index in [-0.39, 0.29) is 0 Å². The molecule has 2 amide bonds. The summed E-state index contributed by atoms with van der Waals surface area (Å²) in [6.45, 7) is 0. The number of carbonyl (C=O) groups is 3. The largest absolute Gasteiger partial charge is 0.426 e. The Kier molecular flexibility index (Phi) is 3.69. The van der Waals surface area contributed by atoms with Crippen molar-refractivity contribution < 1.29 is 19.1 Å². The topological polar surface area (TPSA) is 63.7 Å². The maximum atomic E-state index is 12.8.